The van der Waals surface area contributed by atoms with Crippen molar-refractivity contribution in [2.24, 2.45) is 0 Å². The minimum absolute atomic E-state index is 0.593. The van der Waals surface area contributed by atoms with E-state index in [-0.39, 0.29) is 0 Å². The summed E-state index contributed by atoms with van der Waals surface area (Å²) in [6.45, 7) is 2.90. The van der Waals surface area contributed by atoms with Crippen LogP contribution in [0.1, 0.15) is 19.2 Å². The maximum absolute atomic E-state index is 5.36. The van der Waals surface area contributed by atoms with Gasteiger partial charge < -0.3 is 13.8 Å². The van der Waals surface area contributed by atoms with E-state index in [9.17, 15) is 0 Å². The Morgan fingerprint density at radius 3 is 2.57 bits per heavy atom. The summed E-state index contributed by atoms with van der Waals surface area (Å²) < 4.78 is 12.7. The minimum atomic E-state index is 0.593. The van der Waals surface area contributed by atoms with E-state index < -0.39 is 0 Å². The van der Waals surface area contributed by atoms with Crippen molar-refractivity contribution in [2.45, 2.75) is 31.5 Å². The predicted octanol–water partition coefficient (Wildman–Crippen LogP) is 4.14. The monoisotopic (exact) mass is 422 g/mol. The molecule has 9 heteroatoms. The molecular formula is C21H22N6O2S. The van der Waals surface area contributed by atoms with Crippen molar-refractivity contribution in [3.8, 4) is 28.5 Å². The zero-order valence-corrected chi connectivity index (χ0v) is 17.7. The Morgan fingerprint density at radius 2 is 1.83 bits per heavy atom. The maximum atomic E-state index is 5.36. The summed E-state index contributed by atoms with van der Waals surface area (Å²) in [5.41, 5.74) is 1.92. The topological polar surface area (TPSA) is 91.8 Å². The Balaban J connectivity index is 1.34. The molecule has 0 saturated carbocycles. The smallest absolute Gasteiger partial charge is 0.226 e. The lowest BCUT2D eigenvalue weighted by Crippen LogP contribution is -2.00. The van der Waals surface area contributed by atoms with Gasteiger partial charge in [-0.3, -0.25) is 4.98 Å². The van der Waals surface area contributed by atoms with Crippen molar-refractivity contribution in [3.63, 3.8) is 0 Å². The largest absolute Gasteiger partial charge is 0.497 e. The second kappa shape index (κ2) is 9.53. The van der Waals surface area contributed by atoms with Gasteiger partial charge in [0.15, 0.2) is 11.0 Å². The molecule has 0 N–H and O–H groups in total. The molecule has 0 aliphatic carbocycles. The third-order valence-electron chi connectivity index (χ3n) is 4.55. The number of aryl methyl sites for hydroxylation is 1. The molecule has 0 radical (unpaired) electrons. The lowest BCUT2D eigenvalue weighted by Gasteiger charge is -2.07. The molecule has 0 fully saturated rings. The standard InChI is InChI=1S/C21H22N6O2S/c1-3-27-20(16-6-8-17(28-2)9-7-16)24-25-21(27)30-14-4-5-18-23-19(26-29-18)15-10-12-22-13-11-15/h6-13H,3-5,14H2,1-2H3. The summed E-state index contributed by atoms with van der Waals surface area (Å²) in [4.78, 5) is 8.46. The predicted molar refractivity (Wildman–Crippen MR) is 114 cm³/mol. The van der Waals surface area contributed by atoms with Gasteiger partial charge in [-0.25, -0.2) is 0 Å². The number of methoxy groups -OCH3 is 1. The Bertz CT molecular complexity index is 1080. The molecule has 30 heavy (non-hydrogen) atoms. The van der Waals surface area contributed by atoms with Crippen molar-refractivity contribution in [2.75, 3.05) is 12.9 Å². The van der Waals surface area contributed by atoms with Gasteiger partial charge in [0.2, 0.25) is 11.7 Å². The quantitative estimate of drug-likeness (QED) is 0.293. The number of nitrogens with zero attached hydrogens (tertiary/aromatic N) is 6. The molecule has 4 aromatic rings. The average molecular weight is 423 g/mol. The number of thioether (sulfide) groups is 1. The summed E-state index contributed by atoms with van der Waals surface area (Å²) in [5.74, 6) is 3.80. The van der Waals surface area contributed by atoms with Crippen LogP contribution in [0, 0.1) is 0 Å². The molecule has 154 valence electrons. The van der Waals surface area contributed by atoms with E-state index in [1.807, 2.05) is 36.4 Å². The Labute approximate surface area is 178 Å². The normalized spacial score (nSPS) is 11.0. The van der Waals surface area contributed by atoms with E-state index in [0.717, 1.165) is 53.0 Å². The third kappa shape index (κ3) is 4.51. The van der Waals surface area contributed by atoms with E-state index in [1.54, 1.807) is 31.3 Å². The van der Waals surface area contributed by atoms with Crippen LogP contribution >= 0.6 is 11.8 Å². The first-order chi connectivity index (χ1) is 14.8. The molecule has 0 saturated heterocycles. The molecular weight excluding hydrogens is 400 g/mol. The maximum Gasteiger partial charge on any atom is 0.226 e. The van der Waals surface area contributed by atoms with Crippen molar-refractivity contribution in [3.05, 3.63) is 54.7 Å². The lowest BCUT2D eigenvalue weighted by molar-refractivity contribution is 0.378. The molecule has 3 aromatic heterocycles. The van der Waals surface area contributed by atoms with Crippen LogP contribution in [0.4, 0.5) is 0 Å². The first kappa shape index (κ1) is 20.1. The fourth-order valence-corrected chi connectivity index (χ4v) is 3.94. The highest BCUT2D eigenvalue weighted by Gasteiger charge is 2.14. The summed E-state index contributed by atoms with van der Waals surface area (Å²) in [6.07, 6.45) is 5.05. The zero-order chi connectivity index (χ0) is 20.8. The van der Waals surface area contributed by atoms with Crippen LogP contribution in [0.5, 0.6) is 5.75 Å². The second-order valence-corrected chi connectivity index (χ2v) is 7.54. The van der Waals surface area contributed by atoms with E-state index in [4.69, 9.17) is 9.26 Å². The van der Waals surface area contributed by atoms with Crippen LogP contribution in [-0.4, -0.2) is 42.8 Å². The summed E-state index contributed by atoms with van der Waals surface area (Å²) in [7, 11) is 1.66. The molecule has 0 aliphatic rings. The first-order valence-electron chi connectivity index (χ1n) is 9.72. The molecule has 0 aliphatic heterocycles. The van der Waals surface area contributed by atoms with Crippen molar-refractivity contribution < 1.29 is 9.26 Å². The van der Waals surface area contributed by atoms with Gasteiger partial charge in [-0.15, -0.1) is 10.2 Å². The highest BCUT2D eigenvalue weighted by atomic mass is 32.2. The van der Waals surface area contributed by atoms with E-state index >= 15 is 0 Å². The Kier molecular flexibility index (Phi) is 6.38. The number of hydrogen-bond acceptors (Lipinski definition) is 8. The Morgan fingerprint density at radius 1 is 1.03 bits per heavy atom. The van der Waals surface area contributed by atoms with Gasteiger partial charge in [-0.1, -0.05) is 16.9 Å². The van der Waals surface area contributed by atoms with Crippen LogP contribution in [0.2, 0.25) is 0 Å². The van der Waals surface area contributed by atoms with Crippen LogP contribution in [0.3, 0.4) is 0 Å². The van der Waals surface area contributed by atoms with Gasteiger partial charge in [0, 0.05) is 42.2 Å². The van der Waals surface area contributed by atoms with Gasteiger partial charge in [0.1, 0.15) is 5.75 Å². The number of ether oxygens (including phenoxy) is 1. The van der Waals surface area contributed by atoms with Crippen molar-refractivity contribution >= 4 is 11.8 Å². The van der Waals surface area contributed by atoms with E-state index in [0.29, 0.717) is 11.7 Å². The minimum Gasteiger partial charge on any atom is -0.497 e. The molecule has 0 atom stereocenters. The third-order valence-corrected chi connectivity index (χ3v) is 5.61. The Hall–Kier alpha value is -3.20. The summed E-state index contributed by atoms with van der Waals surface area (Å²) in [5, 5.41) is 13.7. The first-order valence-corrected chi connectivity index (χ1v) is 10.7. The second-order valence-electron chi connectivity index (χ2n) is 6.48. The van der Waals surface area contributed by atoms with Gasteiger partial charge in [-0.2, -0.15) is 4.98 Å². The molecule has 0 spiro atoms. The molecule has 0 bridgehead atoms. The summed E-state index contributed by atoms with van der Waals surface area (Å²) in [6, 6.07) is 11.6. The fraction of sp³-hybridized carbons (Fsp3) is 0.286. The lowest BCUT2D eigenvalue weighted by atomic mass is 10.2. The molecule has 0 amide bonds. The molecule has 0 unspecified atom stereocenters. The molecule has 8 nitrogen and oxygen atoms in total. The number of benzene rings is 1. The van der Waals surface area contributed by atoms with E-state index in [2.05, 4.69) is 36.8 Å². The average Bonchev–Trinajstić information content (AvgIpc) is 3.44. The number of pyridine rings is 1. The number of hydrogen-bond donors (Lipinski definition) is 0. The fourth-order valence-electron chi connectivity index (χ4n) is 3.00. The zero-order valence-electron chi connectivity index (χ0n) is 16.9. The van der Waals surface area contributed by atoms with Gasteiger partial charge in [0.25, 0.3) is 0 Å². The van der Waals surface area contributed by atoms with Gasteiger partial charge in [-0.05, 0) is 49.7 Å². The van der Waals surface area contributed by atoms with Crippen molar-refractivity contribution in [1.82, 2.24) is 29.9 Å². The van der Waals surface area contributed by atoms with Gasteiger partial charge >= 0.3 is 0 Å². The molecule has 4 rings (SSSR count). The highest BCUT2D eigenvalue weighted by Crippen LogP contribution is 2.26. The number of aromatic nitrogens is 6. The highest BCUT2D eigenvalue weighted by molar-refractivity contribution is 7.99. The number of rotatable bonds is 9. The molecule has 1 aromatic carbocycles. The molecule has 3 heterocycles. The van der Waals surface area contributed by atoms with Crippen LogP contribution in [0.15, 0.2) is 58.5 Å². The SMILES string of the molecule is CCn1c(SCCCc2nc(-c3ccncc3)no2)nnc1-c1ccc(OC)cc1. The van der Waals surface area contributed by atoms with Crippen LogP contribution in [0.25, 0.3) is 22.8 Å². The summed E-state index contributed by atoms with van der Waals surface area (Å²) >= 11 is 1.68. The van der Waals surface area contributed by atoms with E-state index in [1.165, 1.54) is 0 Å². The van der Waals surface area contributed by atoms with Crippen molar-refractivity contribution in [1.29, 1.82) is 0 Å². The van der Waals surface area contributed by atoms with Crippen LogP contribution < -0.4 is 4.74 Å². The van der Waals surface area contributed by atoms with Gasteiger partial charge in [0.05, 0.1) is 7.11 Å². The van der Waals surface area contributed by atoms with Crippen LogP contribution in [-0.2, 0) is 13.0 Å².